The summed E-state index contributed by atoms with van der Waals surface area (Å²) >= 11 is 0. The Morgan fingerprint density at radius 3 is 1.00 bits per heavy atom. The lowest BCUT2D eigenvalue weighted by molar-refractivity contribution is -0.109. The van der Waals surface area contributed by atoms with Gasteiger partial charge in [0.05, 0.1) is 11.2 Å². The van der Waals surface area contributed by atoms with Crippen LogP contribution in [0.25, 0.3) is 0 Å². The monoisotopic (exact) mass is 236 g/mol. The van der Waals surface area contributed by atoms with Gasteiger partial charge in [-0.3, -0.25) is 0 Å². The predicted molar refractivity (Wildman–Crippen MR) is 65.4 cm³/mol. The Bertz CT molecular complexity index is 266. The molecule has 0 aromatic carbocycles. The lowest BCUT2D eigenvalue weighted by Gasteiger charge is -2.39. The minimum Gasteiger partial charge on any atom is -0.389 e. The highest BCUT2D eigenvalue weighted by Crippen LogP contribution is 2.61. The van der Waals surface area contributed by atoms with E-state index in [9.17, 15) is 10.2 Å². The summed E-state index contributed by atoms with van der Waals surface area (Å²) in [4.78, 5) is 0. The fraction of sp³-hybridized carbons (Fsp3) is 1.00. The number of rotatable bonds is 6. The maximum absolute atomic E-state index is 11.0. The van der Waals surface area contributed by atoms with E-state index in [1.165, 1.54) is 51.4 Å². The molecule has 4 rings (SSSR count). The number of hydrogen-bond donors (Lipinski definition) is 2. The highest BCUT2D eigenvalue weighted by Gasteiger charge is 2.61. The molecule has 17 heavy (non-hydrogen) atoms. The van der Waals surface area contributed by atoms with Gasteiger partial charge < -0.3 is 10.2 Å². The van der Waals surface area contributed by atoms with E-state index in [-0.39, 0.29) is 0 Å². The molecule has 0 aromatic rings. The maximum Gasteiger partial charge on any atom is 0.0731 e. The van der Waals surface area contributed by atoms with Crippen molar-refractivity contribution in [2.75, 3.05) is 0 Å². The predicted octanol–water partition coefficient (Wildman–Crippen LogP) is 2.48. The Kier molecular flexibility index (Phi) is 2.08. The lowest BCUT2D eigenvalue weighted by Crippen LogP contribution is -2.47. The average molecular weight is 236 g/mol. The van der Waals surface area contributed by atoms with Gasteiger partial charge in [-0.05, 0) is 75.0 Å². The third kappa shape index (κ3) is 1.76. The molecule has 0 amide bonds. The van der Waals surface area contributed by atoms with Gasteiger partial charge in [-0.25, -0.2) is 0 Å². The minimum absolute atomic E-state index is 0.500. The molecule has 0 saturated heterocycles. The van der Waals surface area contributed by atoms with Gasteiger partial charge in [0.1, 0.15) is 0 Å². The number of hydrogen-bond acceptors (Lipinski definition) is 2. The molecule has 2 heteroatoms. The lowest BCUT2D eigenvalue weighted by atomic mass is 9.75. The fourth-order valence-electron chi connectivity index (χ4n) is 4.03. The van der Waals surface area contributed by atoms with Crippen molar-refractivity contribution in [3.8, 4) is 0 Å². The quantitative estimate of drug-likeness (QED) is 0.744. The standard InChI is InChI=1S/C15H24O2/c16-14(10-1-2-10,11-3-4-11)9-15(17,12-5-6-12)13-7-8-13/h10-13,16-17H,1-9H2. The Hall–Kier alpha value is -0.0800. The molecule has 0 aromatic heterocycles. The molecule has 2 N–H and O–H groups in total. The van der Waals surface area contributed by atoms with Gasteiger partial charge in [0.15, 0.2) is 0 Å². The Labute approximate surface area is 103 Å². The first-order valence-electron chi connectivity index (χ1n) is 7.58. The molecular weight excluding hydrogens is 212 g/mol. The normalized spacial score (nSPS) is 30.7. The molecule has 0 unspecified atom stereocenters. The third-order valence-corrected chi connectivity index (χ3v) is 5.70. The summed E-state index contributed by atoms with van der Waals surface area (Å²) in [7, 11) is 0. The Morgan fingerprint density at radius 1 is 0.588 bits per heavy atom. The van der Waals surface area contributed by atoms with Gasteiger partial charge in [-0.2, -0.15) is 0 Å². The van der Waals surface area contributed by atoms with Gasteiger partial charge in [-0.15, -0.1) is 0 Å². The van der Waals surface area contributed by atoms with Gasteiger partial charge >= 0.3 is 0 Å². The van der Waals surface area contributed by atoms with E-state index in [1.54, 1.807) is 0 Å². The van der Waals surface area contributed by atoms with Crippen LogP contribution in [0.3, 0.4) is 0 Å². The van der Waals surface area contributed by atoms with Gasteiger partial charge in [0, 0.05) is 6.42 Å². The van der Waals surface area contributed by atoms with Crippen LogP contribution in [0, 0.1) is 23.7 Å². The van der Waals surface area contributed by atoms with Crippen molar-refractivity contribution in [1.29, 1.82) is 0 Å². The molecule has 0 atom stereocenters. The summed E-state index contributed by atoms with van der Waals surface area (Å²) < 4.78 is 0. The molecule has 96 valence electrons. The molecule has 4 aliphatic carbocycles. The van der Waals surface area contributed by atoms with E-state index in [1.807, 2.05) is 0 Å². The van der Waals surface area contributed by atoms with Crippen LogP contribution < -0.4 is 0 Å². The molecule has 4 aliphatic rings. The maximum atomic E-state index is 11.0. The second-order valence-corrected chi connectivity index (χ2v) is 7.26. The van der Waals surface area contributed by atoms with Crippen LogP contribution in [0.2, 0.25) is 0 Å². The Morgan fingerprint density at radius 2 is 0.824 bits per heavy atom. The SMILES string of the molecule is OC(CC(O)(C1CC1)C1CC1)(C1CC1)C1CC1. The smallest absolute Gasteiger partial charge is 0.0731 e. The second-order valence-electron chi connectivity index (χ2n) is 7.26. The molecule has 2 nitrogen and oxygen atoms in total. The van der Waals surface area contributed by atoms with Crippen molar-refractivity contribution in [3.63, 3.8) is 0 Å². The molecule has 0 aliphatic heterocycles. The molecule has 4 fully saturated rings. The van der Waals surface area contributed by atoms with E-state index < -0.39 is 11.2 Å². The zero-order chi connectivity index (χ0) is 11.7. The molecule has 0 bridgehead atoms. The summed E-state index contributed by atoms with van der Waals surface area (Å²) in [6.45, 7) is 0. The van der Waals surface area contributed by atoms with Crippen LogP contribution in [0.4, 0.5) is 0 Å². The van der Waals surface area contributed by atoms with Crippen molar-refractivity contribution in [2.24, 2.45) is 23.7 Å². The third-order valence-electron chi connectivity index (χ3n) is 5.70. The highest BCUT2D eigenvalue weighted by atomic mass is 16.3. The molecule has 0 radical (unpaired) electrons. The molecule has 4 saturated carbocycles. The highest BCUT2D eigenvalue weighted by molar-refractivity contribution is 5.13. The summed E-state index contributed by atoms with van der Waals surface area (Å²) in [5.74, 6) is 2.05. The summed E-state index contributed by atoms with van der Waals surface area (Å²) in [5, 5.41) is 22.0. The summed E-state index contributed by atoms with van der Waals surface area (Å²) in [6, 6.07) is 0. The summed E-state index contributed by atoms with van der Waals surface area (Å²) in [5.41, 5.74) is -1.00. The van der Waals surface area contributed by atoms with Crippen LogP contribution >= 0.6 is 0 Å². The minimum atomic E-state index is -0.500. The van der Waals surface area contributed by atoms with Crippen LogP contribution in [-0.2, 0) is 0 Å². The van der Waals surface area contributed by atoms with Crippen molar-refractivity contribution in [1.82, 2.24) is 0 Å². The largest absolute Gasteiger partial charge is 0.389 e. The van der Waals surface area contributed by atoms with E-state index in [4.69, 9.17) is 0 Å². The molecular formula is C15H24O2. The van der Waals surface area contributed by atoms with Crippen molar-refractivity contribution >= 4 is 0 Å². The van der Waals surface area contributed by atoms with Crippen molar-refractivity contribution in [2.45, 2.75) is 69.0 Å². The van der Waals surface area contributed by atoms with Crippen LogP contribution in [0.1, 0.15) is 57.8 Å². The van der Waals surface area contributed by atoms with Crippen LogP contribution in [0.15, 0.2) is 0 Å². The first kappa shape index (κ1) is 10.8. The molecule has 0 spiro atoms. The van der Waals surface area contributed by atoms with Gasteiger partial charge in [0.25, 0.3) is 0 Å². The average Bonchev–Trinajstić information content (AvgIpc) is 3.17. The van der Waals surface area contributed by atoms with E-state index >= 15 is 0 Å². The first-order chi connectivity index (χ1) is 8.13. The van der Waals surface area contributed by atoms with E-state index in [0.717, 1.165) is 0 Å². The zero-order valence-electron chi connectivity index (χ0n) is 10.6. The van der Waals surface area contributed by atoms with Crippen LogP contribution in [-0.4, -0.2) is 21.4 Å². The second kappa shape index (κ2) is 3.27. The topological polar surface area (TPSA) is 40.5 Å². The summed E-state index contributed by atoms with van der Waals surface area (Å²) in [6.07, 6.45) is 10.2. The zero-order valence-corrected chi connectivity index (χ0v) is 10.6. The van der Waals surface area contributed by atoms with Gasteiger partial charge in [0.2, 0.25) is 0 Å². The van der Waals surface area contributed by atoms with Crippen molar-refractivity contribution in [3.05, 3.63) is 0 Å². The fourth-order valence-corrected chi connectivity index (χ4v) is 4.03. The number of aliphatic hydroxyl groups is 2. The van der Waals surface area contributed by atoms with E-state index in [0.29, 0.717) is 30.1 Å². The van der Waals surface area contributed by atoms with E-state index in [2.05, 4.69) is 0 Å². The van der Waals surface area contributed by atoms with Gasteiger partial charge in [-0.1, -0.05) is 0 Å². The Balaban J connectivity index is 1.56. The molecule has 0 heterocycles. The first-order valence-corrected chi connectivity index (χ1v) is 7.58. The van der Waals surface area contributed by atoms with Crippen LogP contribution in [0.5, 0.6) is 0 Å². The van der Waals surface area contributed by atoms with Crippen molar-refractivity contribution < 1.29 is 10.2 Å².